The monoisotopic (exact) mass is 598 g/mol. The van der Waals surface area contributed by atoms with Gasteiger partial charge in [0.05, 0.1) is 31.0 Å². The number of rotatable bonds is 6. The van der Waals surface area contributed by atoms with Crippen molar-refractivity contribution in [2.24, 2.45) is 11.5 Å². The minimum atomic E-state index is -1.26. The van der Waals surface area contributed by atoms with Crippen LogP contribution in [-0.4, -0.2) is 20.3 Å². The van der Waals surface area contributed by atoms with Crippen LogP contribution in [0.1, 0.15) is 11.1 Å². The lowest BCUT2D eigenvalue weighted by Crippen LogP contribution is -2.50. The fraction of sp³-hybridized carbons (Fsp3) is 0.167. The van der Waals surface area contributed by atoms with Crippen LogP contribution in [0.3, 0.4) is 0 Å². The van der Waals surface area contributed by atoms with Gasteiger partial charge in [0.25, 0.3) is 11.4 Å². The van der Waals surface area contributed by atoms with Crippen LogP contribution in [0, 0.1) is 20.2 Å². The van der Waals surface area contributed by atoms with Gasteiger partial charge >= 0.3 is 0 Å². The Morgan fingerprint density at radius 2 is 1.11 bits per heavy atom. The summed E-state index contributed by atoms with van der Waals surface area (Å²) >= 11 is 26.9. The average molecular weight is 600 g/mol. The second-order valence-corrected chi connectivity index (χ2v) is 11.4. The first-order valence-electron chi connectivity index (χ1n) is 10.6. The maximum Gasteiger partial charge on any atom is 0.270 e. The second-order valence-electron chi connectivity index (χ2n) is 8.46. The number of halogens is 4. The van der Waals surface area contributed by atoms with Crippen molar-refractivity contribution in [3.63, 3.8) is 0 Å². The molecule has 0 aliphatic heterocycles. The summed E-state index contributed by atoms with van der Waals surface area (Å²) in [7, 11) is 0. The van der Waals surface area contributed by atoms with Crippen LogP contribution >= 0.6 is 58.2 Å². The Labute approximate surface area is 235 Å². The topological polar surface area (TPSA) is 138 Å². The third kappa shape index (κ3) is 5.31. The standard InChI is InChI=1S/C24H18Cl4N4O4S/c25-13-1-7-21(23(29,11-13)17-5-3-15(31(33)34)9-19(17)27)37-22-8-2-14(26)12-24(22,30)18-6-4-16(32(35)36)10-20(18)28/h1-12,21-22H,29-30H2. The zero-order valence-corrected chi connectivity index (χ0v) is 22.5. The number of nitro groups is 2. The van der Waals surface area contributed by atoms with Gasteiger partial charge in [-0.15, -0.1) is 11.8 Å². The molecule has 4 rings (SSSR count). The number of nitrogens with two attached hydrogens (primary N) is 2. The Hall–Kier alpha value is -2.37. The van der Waals surface area contributed by atoms with Gasteiger partial charge in [-0.1, -0.05) is 58.6 Å². The van der Waals surface area contributed by atoms with E-state index in [9.17, 15) is 20.2 Å². The molecule has 0 radical (unpaired) electrons. The number of nitrogens with zero attached hydrogens (tertiary/aromatic N) is 2. The molecule has 37 heavy (non-hydrogen) atoms. The maximum atomic E-state index is 11.2. The smallest absolute Gasteiger partial charge is 0.270 e. The predicted octanol–water partition coefficient (Wildman–Crippen LogP) is 6.67. The SMILES string of the molecule is NC1(c2ccc([N+](=O)[O-])cc2Cl)C=C(Cl)C=CC1SC1C=CC(Cl)=CC1(N)c1ccc([N+](=O)[O-])cc1Cl. The van der Waals surface area contributed by atoms with Crippen molar-refractivity contribution in [3.8, 4) is 0 Å². The molecule has 8 nitrogen and oxygen atoms in total. The van der Waals surface area contributed by atoms with Crippen molar-refractivity contribution in [1.29, 1.82) is 0 Å². The molecule has 0 saturated heterocycles. The maximum absolute atomic E-state index is 11.2. The van der Waals surface area contributed by atoms with Crippen LogP contribution in [0.2, 0.25) is 10.0 Å². The first kappa shape index (κ1) is 27.7. The average Bonchev–Trinajstić information content (AvgIpc) is 2.81. The summed E-state index contributed by atoms with van der Waals surface area (Å²) in [6.45, 7) is 0. The fourth-order valence-corrected chi connectivity index (χ4v) is 6.95. The highest BCUT2D eigenvalue weighted by atomic mass is 35.5. The fourth-order valence-electron chi connectivity index (χ4n) is 4.27. The van der Waals surface area contributed by atoms with Gasteiger partial charge in [0.2, 0.25) is 0 Å². The van der Waals surface area contributed by atoms with Gasteiger partial charge < -0.3 is 11.5 Å². The molecule has 0 saturated carbocycles. The van der Waals surface area contributed by atoms with E-state index in [1.807, 2.05) is 0 Å². The Kier molecular flexibility index (Phi) is 7.79. The van der Waals surface area contributed by atoms with E-state index in [2.05, 4.69) is 0 Å². The Morgan fingerprint density at radius 1 is 0.730 bits per heavy atom. The number of non-ortho nitro benzene ring substituents is 2. The normalized spacial score (nSPS) is 27.0. The summed E-state index contributed by atoms with van der Waals surface area (Å²) in [5.74, 6) is 0. The van der Waals surface area contributed by atoms with E-state index < -0.39 is 31.4 Å². The third-order valence-corrected chi connectivity index (χ3v) is 8.89. The molecule has 2 aromatic carbocycles. The van der Waals surface area contributed by atoms with Crippen LogP contribution in [0.5, 0.6) is 0 Å². The summed E-state index contributed by atoms with van der Waals surface area (Å²) in [6.07, 6.45) is 10.2. The molecule has 0 aromatic heterocycles. The molecule has 13 heteroatoms. The van der Waals surface area contributed by atoms with E-state index in [0.717, 1.165) is 0 Å². The lowest BCUT2D eigenvalue weighted by molar-refractivity contribution is -0.385. The summed E-state index contributed by atoms with van der Waals surface area (Å²) < 4.78 is 0. The van der Waals surface area contributed by atoms with Gasteiger partial charge in [0.1, 0.15) is 0 Å². The molecule has 0 heterocycles. The minimum absolute atomic E-state index is 0.109. The van der Waals surface area contributed by atoms with E-state index in [-0.39, 0.29) is 21.4 Å². The van der Waals surface area contributed by atoms with Crippen LogP contribution in [-0.2, 0) is 11.1 Å². The molecule has 4 atom stereocenters. The highest BCUT2D eigenvalue weighted by Crippen LogP contribution is 2.48. The Morgan fingerprint density at radius 3 is 1.43 bits per heavy atom. The van der Waals surface area contributed by atoms with Gasteiger partial charge in [-0.25, -0.2) is 0 Å². The van der Waals surface area contributed by atoms with Gasteiger partial charge in [-0.05, 0) is 47.6 Å². The van der Waals surface area contributed by atoms with Crippen LogP contribution in [0.15, 0.2) is 82.9 Å². The van der Waals surface area contributed by atoms with Crippen molar-refractivity contribution in [1.82, 2.24) is 0 Å². The molecule has 2 aliphatic rings. The van der Waals surface area contributed by atoms with Crippen molar-refractivity contribution >= 4 is 69.5 Å². The second kappa shape index (κ2) is 10.4. The largest absolute Gasteiger partial charge is 0.317 e. The van der Waals surface area contributed by atoms with Crippen LogP contribution in [0.25, 0.3) is 0 Å². The predicted molar refractivity (Wildman–Crippen MR) is 149 cm³/mol. The molecule has 192 valence electrons. The lowest BCUT2D eigenvalue weighted by Gasteiger charge is -2.42. The molecule has 2 aromatic rings. The molecule has 0 bridgehead atoms. The lowest BCUT2D eigenvalue weighted by atomic mass is 9.83. The Balaban J connectivity index is 1.76. The highest BCUT2D eigenvalue weighted by molar-refractivity contribution is 8.01. The zero-order chi connectivity index (χ0) is 27.1. The number of hydrogen-bond acceptors (Lipinski definition) is 7. The van der Waals surface area contributed by atoms with E-state index in [1.165, 1.54) is 48.2 Å². The van der Waals surface area contributed by atoms with Crippen molar-refractivity contribution < 1.29 is 9.85 Å². The molecule has 0 fully saturated rings. The zero-order valence-electron chi connectivity index (χ0n) is 18.7. The summed E-state index contributed by atoms with van der Waals surface area (Å²) in [5.41, 5.74) is 11.8. The van der Waals surface area contributed by atoms with Crippen molar-refractivity contribution in [2.45, 2.75) is 21.6 Å². The molecular weight excluding hydrogens is 582 g/mol. The number of benzene rings is 2. The van der Waals surface area contributed by atoms with E-state index >= 15 is 0 Å². The molecule has 0 spiro atoms. The van der Waals surface area contributed by atoms with Crippen molar-refractivity contribution in [3.05, 3.63) is 124 Å². The van der Waals surface area contributed by atoms with E-state index in [1.54, 1.807) is 36.5 Å². The van der Waals surface area contributed by atoms with Crippen molar-refractivity contribution in [2.75, 3.05) is 0 Å². The van der Waals surface area contributed by atoms with Crippen LogP contribution < -0.4 is 11.5 Å². The number of hydrogen-bond donors (Lipinski definition) is 2. The van der Waals surface area contributed by atoms with E-state index in [4.69, 9.17) is 57.9 Å². The van der Waals surface area contributed by atoms with Gasteiger partial charge in [0.15, 0.2) is 0 Å². The first-order valence-corrected chi connectivity index (χ1v) is 13.1. The quantitative estimate of drug-likeness (QED) is 0.279. The van der Waals surface area contributed by atoms with Gasteiger partial charge in [-0.3, -0.25) is 20.2 Å². The molecule has 0 amide bonds. The molecule has 4 N–H and O–H groups in total. The summed E-state index contributed by atoms with van der Waals surface area (Å²) in [4.78, 5) is 21.3. The van der Waals surface area contributed by atoms with E-state index in [0.29, 0.717) is 21.2 Å². The third-order valence-electron chi connectivity index (χ3n) is 6.11. The number of nitro benzene ring substituents is 2. The van der Waals surface area contributed by atoms with Gasteiger partial charge in [0, 0.05) is 44.8 Å². The highest BCUT2D eigenvalue weighted by Gasteiger charge is 2.44. The first-order chi connectivity index (χ1) is 17.3. The Bertz CT molecular complexity index is 1320. The molecule has 2 aliphatic carbocycles. The molecular formula is C24H18Cl4N4O4S. The molecule has 4 unspecified atom stereocenters. The van der Waals surface area contributed by atoms with Gasteiger partial charge in [-0.2, -0.15) is 0 Å². The summed E-state index contributed by atoms with van der Waals surface area (Å²) in [5, 5.41) is 22.4. The van der Waals surface area contributed by atoms with Crippen LogP contribution in [0.4, 0.5) is 11.4 Å². The number of allylic oxidation sites excluding steroid dienone is 4. The number of thioether (sulfide) groups is 1. The summed E-state index contributed by atoms with van der Waals surface area (Å²) in [6, 6.07) is 8.13. The minimum Gasteiger partial charge on any atom is -0.317 e.